The number of carbonyl (C=O) groups is 2. The van der Waals surface area contributed by atoms with E-state index in [1.54, 1.807) is 26.0 Å². The maximum absolute atomic E-state index is 13.9. The number of aliphatic hydroxyl groups is 2. The normalized spacial score (nSPS) is 32.0. The summed E-state index contributed by atoms with van der Waals surface area (Å²) in [7, 11) is 0. The number of hydrogen-bond donors (Lipinski definition) is 3. The van der Waals surface area contributed by atoms with E-state index >= 15 is 0 Å². The minimum atomic E-state index is -1.43. The molecule has 10 atom stereocenters. The van der Waals surface area contributed by atoms with Gasteiger partial charge in [-0.2, -0.15) is 0 Å². The van der Waals surface area contributed by atoms with E-state index in [1.165, 1.54) is 0 Å². The fourth-order valence-electron chi connectivity index (χ4n) is 7.44. The number of ether oxygens (including phenoxy) is 2. The fraction of sp³-hybridized carbons (Fsp3) is 0.765. The molecule has 2 fully saturated rings. The first kappa shape index (κ1) is 38.2. The number of aliphatic hydroxyl groups excluding tert-OH is 1. The number of carboxylic acids is 1. The van der Waals surface area contributed by atoms with E-state index in [4.69, 9.17) is 9.47 Å². The zero-order valence-electron chi connectivity index (χ0n) is 27.8. The minimum absolute atomic E-state index is 0. The summed E-state index contributed by atoms with van der Waals surface area (Å²) < 4.78 is 13.2. The van der Waals surface area contributed by atoms with Gasteiger partial charge in [0.2, 0.25) is 0 Å². The molecule has 9 heteroatoms. The number of phenols is 1. The Hall–Kier alpha value is -1.00. The number of carbonyl (C=O) groups excluding carboxylic acids is 2. The molecule has 3 rings (SSSR count). The van der Waals surface area contributed by atoms with Gasteiger partial charge in [0.05, 0.1) is 41.6 Å². The molecule has 0 bridgehead atoms. The predicted molar refractivity (Wildman–Crippen MR) is 159 cm³/mol. The smallest absolute Gasteiger partial charge is 0.545 e. The number of ketones is 1. The SMILES string of the molecule is CCC(C(=O)C(C)C(O)C(C)CCc1ccc(C)c(O)c1C(=O)[O-])C1OC(CC)(C2CCC(O)(CC)C(C)O2)CC1C.[Na+]. The average Bonchev–Trinajstić information content (AvgIpc) is 3.31. The molecule has 1 aromatic rings. The summed E-state index contributed by atoms with van der Waals surface area (Å²) in [4.78, 5) is 25.5. The second-order valence-corrected chi connectivity index (χ2v) is 13.2. The Balaban J connectivity index is 0.00000645. The second kappa shape index (κ2) is 15.5. The van der Waals surface area contributed by atoms with Gasteiger partial charge in [0.15, 0.2) is 0 Å². The van der Waals surface area contributed by atoms with Crippen molar-refractivity contribution in [2.75, 3.05) is 0 Å². The predicted octanol–water partition coefficient (Wildman–Crippen LogP) is 1.51. The summed E-state index contributed by atoms with van der Waals surface area (Å²) in [5, 5.41) is 44.1. The number of benzene rings is 1. The molecule has 0 radical (unpaired) electrons. The molecule has 10 unspecified atom stereocenters. The van der Waals surface area contributed by atoms with Crippen LogP contribution in [-0.2, 0) is 20.7 Å². The van der Waals surface area contributed by atoms with E-state index in [0.29, 0.717) is 49.7 Å². The number of hydrogen-bond acceptors (Lipinski definition) is 8. The molecule has 0 aliphatic carbocycles. The molecule has 2 aliphatic rings. The van der Waals surface area contributed by atoms with Crippen LogP contribution in [0.5, 0.6) is 5.75 Å². The maximum atomic E-state index is 13.9. The van der Waals surface area contributed by atoms with Crippen molar-refractivity contribution in [3.63, 3.8) is 0 Å². The Kier molecular flexibility index (Phi) is 13.8. The number of carboxylic acid groups (broad SMARTS) is 1. The Bertz CT molecular complexity index is 1110. The molecule has 1 aromatic carbocycles. The van der Waals surface area contributed by atoms with Gasteiger partial charge in [0.25, 0.3) is 0 Å². The second-order valence-electron chi connectivity index (χ2n) is 13.2. The van der Waals surface area contributed by atoms with Crippen LogP contribution in [0.15, 0.2) is 12.1 Å². The van der Waals surface area contributed by atoms with E-state index in [2.05, 4.69) is 13.8 Å². The molecule has 2 saturated heterocycles. The molecule has 238 valence electrons. The van der Waals surface area contributed by atoms with Crippen LogP contribution < -0.4 is 34.7 Å². The van der Waals surface area contributed by atoms with Gasteiger partial charge < -0.3 is 34.7 Å². The number of Topliss-reactive ketones (excluding diaryl/α,β-unsaturated/α-hetero) is 1. The quantitative estimate of drug-likeness (QED) is 0.285. The average molecular weight is 613 g/mol. The van der Waals surface area contributed by atoms with E-state index < -0.39 is 29.2 Å². The zero-order valence-corrected chi connectivity index (χ0v) is 29.8. The summed E-state index contributed by atoms with van der Waals surface area (Å²) >= 11 is 0. The largest absolute Gasteiger partial charge is 1.00 e. The van der Waals surface area contributed by atoms with Crippen LogP contribution in [0.1, 0.15) is 115 Å². The van der Waals surface area contributed by atoms with Crippen molar-refractivity contribution in [3.05, 3.63) is 28.8 Å². The van der Waals surface area contributed by atoms with Crippen molar-refractivity contribution < 1.29 is 69.0 Å². The molecule has 8 nitrogen and oxygen atoms in total. The Morgan fingerprint density at radius 3 is 2.33 bits per heavy atom. The number of rotatable bonds is 13. The molecule has 0 amide bonds. The molecule has 2 aliphatic heterocycles. The van der Waals surface area contributed by atoms with Crippen LogP contribution in [0.4, 0.5) is 0 Å². The number of aromatic carboxylic acids is 1. The van der Waals surface area contributed by atoms with Crippen LogP contribution >= 0.6 is 0 Å². The molecule has 0 saturated carbocycles. The van der Waals surface area contributed by atoms with E-state index in [1.807, 2.05) is 27.7 Å². The number of aryl methyl sites for hydroxylation is 2. The first-order chi connectivity index (χ1) is 19.7. The molecule has 0 aromatic heterocycles. The van der Waals surface area contributed by atoms with Crippen molar-refractivity contribution >= 4 is 11.8 Å². The molecular weight excluding hydrogens is 559 g/mol. The van der Waals surface area contributed by atoms with Gasteiger partial charge in [-0.1, -0.05) is 53.7 Å². The third-order valence-electron chi connectivity index (χ3n) is 10.6. The third kappa shape index (κ3) is 7.87. The Labute approximate surface area is 280 Å². The first-order valence-corrected chi connectivity index (χ1v) is 16.0. The van der Waals surface area contributed by atoms with Gasteiger partial charge >= 0.3 is 29.6 Å². The number of aromatic hydroxyl groups is 1. The van der Waals surface area contributed by atoms with Crippen LogP contribution in [0.2, 0.25) is 0 Å². The van der Waals surface area contributed by atoms with Gasteiger partial charge in [0, 0.05) is 17.4 Å². The van der Waals surface area contributed by atoms with E-state index in [9.17, 15) is 30.0 Å². The summed E-state index contributed by atoms with van der Waals surface area (Å²) in [5.74, 6) is -2.92. The summed E-state index contributed by atoms with van der Waals surface area (Å²) in [6.07, 6.45) is 3.21. The van der Waals surface area contributed by atoms with Crippen molar-refractivity contribution in [2.24, 2.45) is 23.7 Å². The van der Waals surface area contributed by atoms with Gasteiger partial charge in [-0.05, 0) is 88.2 Å². The molecule has 3 N–H and O–H groups in total. The van der Waals surface area contributed by atoms with Crippen LogP contribution in [0, 0.1) is 30.6 Å². The van der Waals surface area contributed by atoms with E-state index in [0.717, 1.165) is 12.8 Å². The maximum Gasteiger partial charge on any atom is 1.00 e. The van der Waals surface area contributed by atoms with Gasteiger partial charge in [-0.15, -0.1) is 0 Å². The molecule has 2 heterocycles. The standard InChI is InChI=1S/C34H54O8.Na/c1-9-25(31-21(6)18-34(11-3,42-31)26-16-17-33(40,10-2)23(8)41-26)30(37)22(7)28(35)19(4)12-14-24-15-13-20(5)29(36)27(24)32(38)39;/h13,15,19,21-23,25-26,28,31,35-36,40H,9-12,14,16-18H2,1-8H3,(H,38,39);/q;+1/p-1. The summed E-state index contributed by atoms with van der Waals surface area (Å²) in [6.45, 7) is 15.4. The van der Waals surface area contributed by atoms with Gasteiger partial charge in [-0.3, -0.25) is 4.79 Å². The zero-order chi connectivity index (χ0) is 31.6. The van der Waals surface area contributed by atoms with Crippen molar-refractivity contribution in [1.29, 1.82) is 0 Å². The monoisotopic (exact) mass is 612 g/mol. The minimum Gasteiger partial charge on any atom is -0.545 e. The fourth-order valence-corrected chi connectivity index (χ4v) is 7.44. The van der Waals surface area contributed by atoms with Crippen molar-refractivity contribution in [2.45, 2.75) is 142 Å². The molecular formula is C34H53NaO8. The van der Waals surface area contributed by atoms with Crippen molar-refractivity contribution in [1.82, 2.24) is 0 Å². The topological polar surface area (TPSA) is 136 Å². The summed E-state index contributed by atoms with van der Waals surface area (Å²) in [6, 6.07) is 3.33. The van der Waals surface area contributed by atoms with E-state index in [-0.39, 0.29) is 82.7 Å². The van der Waals surface area contributed by atoms with Crippen LogP contribution in [-0.4, -0.2) is 62.7 Å². The van der Waals surface area contributed by atoms with Crippen molar-refractivity contribution in [3.8, 4) is 5.75 Å². The first-order valence-electron chi connectivity index (χ1n) is 16.0. The third-order valence-corrected chi connectivity index (χ3v) is 10.6. The van der Waals surface area contributed by atoms with Gasteiger partial charge in [-0.25, -0.2) is 0 Å². The Morgan fingerprint density at radius 1 is 1.14 bits per heavy atom. The Morgan fingerprint density at radius 2 is 1.79 bits per heavy atom. The van der Waals surface area contributed by atoms with Crippen LogP contribution in [0.25, 0.3) is 0 Å². The van der Waals surface area contributed by atoms with Gasteiger partial charge in [0.1, 0.15) is 11.5 Å². The molecule has 43 heavy (non-hydrogen) atoms. The molecule has 0 spiro atoms. The summed E-state index contributed by atoms with van der Waals surface area (Å²) in [5.41, 5.74) is -0.659. The van der Waals surface area contributed by atoms with Crippen LogP contribution in [0.3, 0.4) is 0 Å².